The van der Waals surface area contributed by atoms with Gasteiger partial charge in [0, 0.05) is 6.54 Å². The first-order chi connectivity index (χ1) is 14.3. The third-order valence-corrected chi connectivity index (χ3v) is 5.82. The van der Waals surface area contributed by atoms with Gasteiger partial charge in [-0.25, -0.2) is 4.39 Å². The molecule has 1 fully saturated rings. The van der Waals surface area contributed by atoms with Crippen molar-refractivity contribution in [3.63, 3.8) is 0 Å². The Morgan fingerprint density at radius 2 is 2.03 bits per heavy atom. The van der Waals surface area contributed by atoms with Crippen LogP contribution in [0.25, 0.3) is 6.08 Å². The predicted molar refractivity (Wildman–Crippen MR) is 117 cm³/mol. The van der Waals surface area contributed by atoms with Gasteiger partial charge in [0.15, 0.2) is 11.5 Å². The minimum atomic E-state index is -0.816. The van der Waals surface area contributed by atoms with E-state index in [0.29, 0.717) is 16.9 Å². The van der Waals surface area contributed by atoms with Crippen molar-refractivity contribution in [2.45, 2.75) is 19.4 Å². The lowest BCUT2D eigenvalue weighted by Gasteiger charge is -2.22. The maximum atomic E-state index is 13.4. The van der Waals surface area contributed by atoms with Crippen LogP contribution >= 0.6 is 24.0 Å². The zero-order chi connectivity index (χ0) is 21.8. The van der Waals surface area contributed by atoms with Gasteiger partial charge in [0.2, 0.25) is 5.91 Å². The Balaban J connectivity index is 1.61. The molecule has 1 atom stereocenters. The minimum Gasteiger partial charge on any atom is -0.504 e. The summed E-state index contributed by atoms with van der Waals surface area (Å²) in [5.74, 6) is -1.62. The topological polar surface area (TPSA) is 89.9 Å². The molecule has 1 saturated heterocycles. The molecule has 30 heavy (non-hydrogen) atoms. The fourth-order valence-electron chi connectivity index (χ4n) is 2.88. The highest BCUT2D eigenvalue weighted by atomic mass is 32.2. The SMILES string of the molecule is C[C@H](C(=O)NCCc1ccc(O)c(O)c1)N1C(=O)/C(=C/c2cccc(F)c2)SC1=S. The van der Waals surface area contributed by atoms with E-state index in [1.807, 2.05) is 0 Å². The Morgan fingerprint density at radius 1 is 1.27 bits per heavy atom. The molecular weight excluding hydrogens is 427 g/mol. The number of hydrogen-bond donors (Lipinski definition) is 3. The molecule has 0 aromatic heterocycles. The van der Waals surface area contributed by atoms with Crippen LogP contribution in [0.1, 0.15) is 18.1 Å². The van der Waals surface area contributed by atoms with Crippen molar-refractivity contribution in [3.05, 3.63) is 64.3 Å². The number of carbonyl (C=O) groups is 2. The molecule has 156 valence electrons. The predicted octanol–water partition coefficient (Wildman–Crippen LogP) is 3.19. The summed E-state index contributed by atoms with van der Waals surface area (Å²) in [6.45, 7) is 1.86. The fraction of sp³-hybridized carbons (Fsp3) is 0.190. The first-order valence-electron chi connectivity index (χ1n) is 9.07. The van der Waals surface area contributed by atoms with Crippen molar-refractivity contribution >= 4 is 46.2 Å². The second-order valence-corrected chi connectivity index (χ2v) is 8.32. The lowest BCUT2D eigenvalue weighted by molar-refractivity contribution is -0.132. The van der Waals surface area contributed by atoms with E-state index in [1.54, 1.807) is 31.2 Å². The zero-order valence-corrected chi connectivity index (χ0v) is 17.6. The van der Waals surface area contributed by atoms with E-state index in [-0.39, 0.29) is 28.3 Å². The van der Waals surface area contributed by atoms with Crippen molar-refractivity contribution in [2.75, 3.05) is 6.54 Å². The molecule has 6 nitrogen and oxygen atoms in total. The summed E-state index contributed by atoms with van der Waals surface area (Å²) >= 11 is 6.34. The number of nitrogens with one attached hydrogen (secondary N) is 1. The van der Waals surface area contributed by atoms with Crippen molar-refractivity contribution in [2.24, 2.45) is 0 Å². The molecule has 1 aliphatic heterocycles. The van der Waals surface area contributed by atoms with Gasteiger partial charge >= 0.3 is 0 Å². The van der Waals surface area contributed by atoms with Crippen molar-refractivity contribution < 1.29 is 24.2 Å². The Hall–Kier alpha value is -2.91. The maximum absolute atomic E-state index is 13.4. The quantitative estimate of drug-likeness (QED) is 0.359. The second-order valence-electron chi connectivity index (χ2n) is 6.65. The molecule has 2 aromatic rings. The number of thiocarbonyl (C=S) groups is 1. The summed E-state index contributed by atoms with van der Waals surface area (Å²) in [5.41, 5.74) is 1.27. The molecular formula is C21H19FN2O4S2. The maximum Gasteiger partial charge on any atom is 0.266 e. The van der Waals surface area contributed by atoms with Gasteiger partial charge in [-0.05, 0) is 54.8 Å². The summed E-state index contributed by atoms with van der Waals surface area (Å²) in [5, 5.41) is 21.6. The number of halogens is 1. The number of phenols is 2. The van der Waals surface area contributed by atoms with E-state index in [0.717, 1.165) is 17.3 Å². The van der Waals surface area contributed by atoms with Crippen LogP contribution in [0.5, 0.6) is 11.5 Å². The number of phenolic OH excluding ortho intramolecular Hbond substituents is 2. The molecule has 9 heteroatoms. The first-order valence-corrected chi connectivity index (χ1v) is 10.3. The minimum absolute atomic E-state index is 0.211. The van der Waals surface area contributed by atoms with Gasteiger partial charge < -0.3 is 15.5 Å². The molecule has 0 spiro atoms. The molecule has 0 saturated carbocycles. The molecule has 2 aromatic carbocycles. The standard InChI is InChI=1S/C21H19FN2O4S2/c1-12(19(27)23-8-7-13-5-6-16(25)17(26)10-13)24-20(28)18(30-21(24)29)11-14-3-2-4-15(22)9-14/h2-6,9-12,25-26H,7-8H2,1H3,(H,23,27)/b18-11-/t12-/m1/s1. The Kier molecular flexibility index (Phi) is 6.73. The highest BCUT2D eigenvalue weighted by Crippen LogP contribution is 2.34. The number of rotatable bonds is 6. The zero-order valence-electron chi connectivity index (χ0n) is 16.0. The first kappa shape index (κ1) is 21.8. The van der Waals surface area contributed by atoms with Gasteiger partial charge in [0.1, 0.15) is 16.2 Å². The van der Waals surface area contributed by atoms with Gasteiger partial charge in [-0.2, -0.15) is 0 Å². The van der Waals surface area contributed by atoms with Crippen molar-refractivity contribution in [3.8, 4) is 11.5 Å². The van der Waals surface area contributed by atoms with E-state index in [1.165, 1.54) is 29.2 Å². The molecule has 0 bridgehead atoms. The average molecular weight is 447 g/mol. The smallest absolute Gasteiger partial charge is 0.266 e. The van der Waals surface area contributed by atoms with Crippen LogP contribution in [0.4, 0.5) is 4.39 Å². The van der Waals surface area contributed by atoms with Gasteiger partial charge in [-0.3, -0.25) is 14.5 Å². The molecule has 1 aliphatic rings. The van der Waals surface area contributed by atoms with E-state index in [9.17, 15) is 24.2 Å². The lowest BCUT2D eigenvalue weighted by Crippen LogP contribution is -2.47. The summed E-state index contributed by atoms with van der Waals surface area (Å²) in [6.07, 6.45) is 1.98. The normalized spacial score (nSPS) is 16.2. The molecule has 0 unspecified atom stereocenters. The molecule has 3 rings (SSSR count). The van der Waals surface area contributed by atoms with Crippen LogP contribution in [0.2, 0.25) is 0 Å². The van der Waals surface area contributed by atoms with E-state index < -0.39 is 17.8 Å². The van der Waals surface area contributed by atoms with E-state index in [4.69, 9.17) is 12.2 Å². The fourth-order valence-corrected chi connectivity index (χ4v) is 4.30. The summed E-state index contributed by atoms with van der Waals surface area (Å²) < 4.78 is 13.6. The highest BCUT2D eigenvalue weighted by molar-refractivity contribution is 8.26. The number of hydrogen-bond acceptors (Lipinski definition) is 6. The monoisotopic (exact) mass is 446 g/mol. The largest absolute Gasteiger partial charge is 0.504 e. The summed E-state index contributed by atoms with van der Waals surface area (Å²) in [6, 6.07) is 9.47. The van der Waals surface area contributed by atoms with Gasteiger partial charge in [0.25, 0.3) is 5.91 Å². The van der Waals surface area contributed by atoms with Crippen molar-refractivity contribution in [1.29, 1.82) is 0 Å². The number of benzene rings is 2. The Labute approximate surface area is 182 Å². The summed E-state index contributed by atoms with van der Waals surface area (Å²) in [7, 11) is 0. The Bertz CT molecular complexity index is 1040. The summed E-state index contributed by atoms with van der Waals surface area (Å²) in [4.78, 5) is 26.8. The molecule has 1 heterocycles. The lowest BCUT2D eigenvalue weighted by atomic mass is 10.1. The number of thioether (sulfide) groups is 1. The van der Waals surface area contributed by atoms with Gasteiger partial charge in [0.05, 0.1) is 4.91 Å². The number of nitrogens with zero attached hydrogens (tertiary/aromatic N) is 1. The molecule has 2 amide bonds. The number of aromatic hydroxyl groups is 2. The van der Waals surface area contributed by atoms with Crippen LogP contribution in [0, 0.1) is 5.82 Å². The third-order valence-electron chi connectivity index (χ3n) is 4.49. The average Bonchev–Trinajstić information content (AvgIpc) is 2.97. The number of carbonyl (C=O) groups excluding carboxylic acids is 2. The van der Waals surface area contributed by atoms with Gasteiger partial charge in [-0.1, -0.05) is 42.2 Å². The highest BCUT2D eigenvalue weighted by Gasteiger charge is 2.38. The number of amides is 2. The third kappa shape index (κ3) is 4.98. The van der Waals surface area contributed by atoms with Crippen LogP contribution in [-0.4, -0.2) is 43.8 Å². The molecule has 0 aliphatic carbocycles. The van der Waals surface area contributed by atoms with E-state index >= 15 is 0 Å². The van der Waals surface area contributed by atoms with E-state index in [2.05, 4.69) is 5.32 Å². The second kappa shape index (κ2) is 9.27. The molecule has 3 N–H and O–H groups in total. The van der Waals surface area contributed by atoms with Crippen molar-refractivity contribution in [1.82, 2.24) is 10.2 Å². The van der Waals surface area contributed by atoms with Crippen LogP contribution in [0.3, 0.4) is 0 Å². The van der Waals surface area contributed by atoms with Crippen LogP contribution < -0.4 is 5.32 Å². The van der Waals surface area contributed by atoms with Crippen LogP contribution in [-0.2, 0) is 16.0 Å². The molecule has 0 radical (unpaired) electrons. The Morgan fingerprint density at radius 3 is 2.73 bits per heavy atom. The van der Waals surface area contributed by atoms with Gasteiger partial charge in [-0.15, -0.1) is 0 Å². The van der Waals surface area contributed by atoms with Crippen LogP contribution in [0.15, 0.2) is 47.4 Å².